The van der Waals surface area contributed by atoms with Gasteiger partial charge >= 0.3 is 0 Å². The van der Waals surface area contributed by atoms with E-state index in [1.807, 2.05) is 48.2 Å². The molecule has 0 saturated heterocycles. The van der Waals surface area contributed by atoms with Crippen molar-refractivity contribution in [3.63, 3.8) is 0 Å². The molecule has 0 spiro atoms. The monoisotopic (exact) mass is 365 g/mol. The van der Waals surface area contributed by atoms with Crippen molar-refractivity contribution in [2.24, 2.45) is 0 Å². The predicted molar refractivity (Wildman–Crippen MR) is 103 cm³/mol. The smallest absolute Gasteiger partial charge is 0.254 e. The summed E-state index contributed by atoms with van der Waals surface area (Å²) in [5.41, 5.74) is 7.23. The van der Waals surface area contributed by atoms with Gasteiger partial charge in [0.15, 0.2) is 0 Å². The van der Waals surface area contributed by atoms with Crippen molar-refractivity contribution in [3.8, 4) is 11.3 Å². The average Bonchev–Trinajstić information content (AvgIpc) is 3.15. The minimum absolute atomic E-state index is 0.0699. The second kappa shape index (κ2) is 6.61. The average molecular weight is 366 g/mol. The molecule has 0 saturated carbocycles. The lowest BCUT2D eigenvalue weighted by molar-refractivity contribution is 0.0766. The van der Waals surface area contributed by atoms with Crippen LogP contribution in [0.4, 0.5) is 0 Å². The Morgan fingerprint density at radius 1 is 1.23 bits per heavy atom. The van der Waals surface area contributed by atoms with E-state index in [1.54, 1.807) is 0 Å². The first-order valence-corrected chi connectivity index (χ1v) is 9.15. The molecule has 4 nitrogen and oxygen atoms in total. The van der Waals surface area contributed by atoms with E-state index >= 15 is 0 Å². The Balaban J connectivity index is 1.62. The van der Waals surface area contributed by atoms with E-state index in [-0.39, 0.29) is 5.91 Å². The highest BCUT2D eigenvalue weighted by Crippen LogP contribution is 2.31. The number of halogens is 1. The molecule has 2 aromatic carbocycles. The van der Waals surface area contributed by atoms with Gasteiger partial charge in [-0.25, -0.2) is 0 Å². The third-order valence-electron chi connectivity index (χ3n) is 4.95. The van der Waals surface area contributed by atoms with Crippen LogP contribution in [0.1, 0.15) is 39.7 Å². The number of nitrogens with one attached hydrogen (secondary N) is 1. The fourth-order valence-electron chi connectivity index (χ4n) is 3.64. The summed E-state index contributed by atoms with van der Waals surface area (Å²) < 4.78 is 0. The summed E-state index contributed by atoms with van der Waals surface area (Å²) in [5, 5.41) is 8.22. The summed E-state index contributed by atoms with van der Waals surface area (Å²) in [7, 11) is 0. The number of benzene rings is 2. The molecule has 26 heavy (non-hydrogen) atoms. The molecule has 0 bridgehead atoms. The van der Waals surface area contributed by atoms with E-state index in [0.29, 0.717) is 18.1 Å². The Bertz CT molecular complexity index is 993. The van der Waals surface area contributed by atoms with Crippen molar-refractivity contribution in [3.05, 3.63) is 75.4 Å². The molecule has 3 aromatic rings. The highest BCUT2D eigenvalue weighted by Gasteiger charge is 2.28. The van der Waals surface area contributed by atoms with Gasteiger partial charge in [-0.1, -0.05) is 36.7 Å². The third-order valence-corrected chi connectivity index (χ3v) is 5.18. The summed E-state index contributed by atoms with van der Waals surface area (Å²) in [5.74, 6) is 0.0699. The maximum absolute atomic E-state index is 12.7. The minimum atomic E-state index is 0.0699. The Morgan fingerprint density at radius 2 is 2.08 bits per heavy atom. The van der Waals surface area contributed by atoms with Gasteiger partial charge in [0.05, 0.1) is 5.69 Å². The maximum Gasteiger partial charge on any atom is 0.254 e. The molecule has 0 radical (unpaired) electrons. The van der Waals surface area contributed by atoms with Crippen molar-refractivity contribution in [2.45, 2.75) is 33.4 Å². The molecule has 1 aliphatic rings. The van der Waals surface area contributed by atoms with Gasteiger partial charge in [0.2, 0.25) is 0 Å². The number of fused-ring (bicyclic) bond motifs is 1. The zero-order valence-corrected chi connectivity index (χ0v) is 15.6. The van der Waals surface area contributed by atoms with Crippen LogP contribution in [0.15, 0.2) is 42.5 Å². The molecule has 0 aliphatic carbocycles. The summed E-state index contributed by atoms with van der Waals surface area (Å²) in [4.78, 5) is 14.6. The van der Waals surface area contributed by atoms with Gasteiger partial charge in [-0.05, 0) is 48.7 Å². The number of aryl methyl sites for hydroxylation is 1. The number of aromatic amines is 1. The van der Waals surface area contributed by atoms with Gasteiger partial charge in [-0.2, -0.15) is 5.10 Å². The van der Waals surface area contributed by atoms with Crippen molar-refractivity contribution in [1.29, 1.82) is 0 Å². The van der Waals surface area contributed by atoms with Crippen molar-refractivity contribution < 1.29 is 4.79 Å². The first kappa shape index (κ1) is 16.9. The number of aromatic nitrogens is 2. The fraction of sp³-hybridized carbons (Fsp3) is 0.238. The van der Waals surface area contributed by atoms with E-state index in [4.69, 9.17) is 11.6 Å². The number of rotatable bonds is 4. The number of amides is 1. The van der Waals surface area contributed by atoms with Crippen LogP contribution in [0, 0.1) is 6.92 Å². The van der Waals surface area contributed by atoms with Gasteiger partial charge in [0, 0.05) is 40.5 Å². The largest absolute Gasteiger partial charge is 0.330 e. The molecular formula is C21H20ClN3O. The zero-order chi connectivity index (χ0) is 18.3. The van der Waals surface area contributed by atoms with Crippen molar-refractivity contribution in [1.82, 2.24) is 15.1 Å². The van der Waals surface area contributed by atoms with Crippen LogP contribution in [-0.2, 0) is 19.5 Å². The first-order valence-electron chi connectivity index (χ1n) is 8.77. The molecule has 1 aliphatic heterocycles. The molecular weight excluding hydrogens is 346 g/mol. The molecule has 0 unspecified atom stereocenters. The van der Waals surface area contributed by atoms with E-state index in [9.17, 15) is 4.79 Å². The van der Waals surface area contributed by atoms with Gasteiger partial charge in [0.1, 0.15) is 0 Å². The van der Waals surface area contributed by atoms with Crippen LogP contribution in [0.25, 0.3) is 11.3 Å². The van der Waals surface area contributed by atoms with Crippen LogP contribution in [-0.4, -0.2) is 21.0 Å². The normalized spacial score (nSPS) is 13.3. The van der Waals surface area contributed by atoms with Crippen LogP contribution in [0.2, 0.25) is 5.02 Å². The number of hydrogen-bond acceptors (Lipinski definition) is 2. The third kappa shape index (κ3) is 2.90. The Kier molecular flexibility index (Phi) is 4.29. The number of carbonyl (C=O) groups is 1. The molecule has 1 N–H and O–H groups in total. The fourth-order valence-corrected chi connectivity index (χ4v) is 3.85. The molecule has 2 heterocycles. The van der Waals surface area contributed by atoms with E-state index in [0.717, 1.165) is 40.1 Å². The summed E-state index contributed by atoms with van der Waals surface area (Å²) in [6.07, 6.45) is 0.925. The number of nitrogens with zero attached hydrogens (tertiary/aromatic N) is 2. The number of H-pyrrole nitrogens is 1. The van der Waals surface area contributed by atoms with Gasteiger partial charge < -0.3 is 4.90 Å². The van der Waals surface area contributed by atoms with Gasteiger partial charge in [-0.3, -0.25) is 9.89 Å². The highest BCUT2D eigenvalue weighted by molar-refractivity contribution is 6.30. The molecule has 0 atom stereocenters. The second-order valence-electron chi connectivity index (χ2n) is 6.69. The molecule has 1 aromatic heterocycles. The van der Waals surface area contributed by atoms with Crippen molar-refractivity contribution >= 4 is 17.5 Å². The van der Waals surface area contributed by atoms with Crippen molar-refractivity contribution in [2.75, 3.05) is 0 Å². The summed E-state index contributed by atoms with van der Waals surface area (Å²) >= 11 is 6.06. The Hall–Kier alpha value is -2.59. The summed E-state index contributed by atoms with van der Waals surface area (Å²) in [6, 6.07) is 13.7. The predicted octanol–water partition coefficient (Wildman–Crippen LogP) is 4.76. The number of carbonyl (C=O) groups excluding carboxylic acids is 1. The van der Waals surface area contributed by atoms with E-state index in [2.05, 4.69) is 23.2 Å². The quantitative estimate of drug-likeness (QED) is 0.724. The maximum atomic E-state index is 12.7. The van der Waals surface area contributed by atoms with Crippen LogP contribution < -0.4 is 0 Å². The molecule has 1 amide bonds. The van der Waals surface area contributed by atoms with Gasteiger partial charge in [0.25, 0.3) is 5.91 Å². The molecule has 5 heteroatoms. The standard InChI is InChI=1S/C21H20ClN3O/c1-3-18-13(2)23-24-20(18)15-7-8-19-16(10-15)12-25(21(19)26)11-14-5-4-6-17(22)9-14/h4-10H,3,11-12H2,1-2H3,(H,23,24). The van der Waals surface area contributed by atoms with Gasteiger partial charge in [-0.15, -0.1) is 0 Å². The van der Waals surface area contributed by atoms with Crippen LogP contribution in [0.5, 0.6) is 0 Å². The molecule has 0 fully saturated rings. The van der Waals surface area contributed by atoms with E-state index < -0.39 is 0 Å². The Labute approximate surface area is 157 Å². The van der Waals surface area contributed by atoms with Crippen LogP contribution in [0.3, 0.4) is 0 Å². The topological polar surface area (TPSA) is 49.0 Å². The van der Waals surface area contributed by atoms with Crippen LogP contribution >= 0.6 is 11.6 Å². The zero-order valence-electron chi connectivity index (χ0n) is 14.8. The lowest BCUT2D eigenvalue weighted by Crippen LogP contribution is -2.23. The highest BCUT2D eigenvalue weighted by atomic mass is 35.5. The SMILES string of the molecule is CCc1c(-c2ccc3c(c2)CN(Cc2cccc(Cl)c2)C3=O)n[nH]c1C. The second-order valence-corrected chi connectivity index (χ2v) is 7.13. The Morgan fingerprint density at radius 3 is 2.85 bits per heavy atom. The minimum Gasteiger partial charge on any atom is -0.330 e. The lowest BCUT2D eigenvalue weighted by atomic mass is 10.00. The summed E-state index contributed by atoms with van der Waals surface area (Å²) in [6.45, 7) is 5.34. The number of hydrogen-bond donors (Lipinski definition) is 1. The molecule has 4 rings (SSSR count). The lowest BCUT2D eigenvalue weighted by Gasteiger charge is -2.15. The van der Waals surface area contributed by atoms with E-state index in [1.165, 1.54) is 5.56 Å². The molecule has 132 valence electrons. The first-order chi connectivity index (χ1) is 12.6.